The highest BCUT2D eigenvalue weighted by molar-refractivity contribution is 7.90. The number of piperazine rings is 1. The van der Waals surface area contributed by atoms with E-state index in [-0.39, 0.29) is 22.3 Å². The highest BCUT2D eigenvalue weighted by Crippen LogP contribution is 2.35. The Kier molecular flexibility index (Phi) is 10.1. The molecule has 7 aromatic rings. The van der Waals surface area contributed by atoms with Gasteiger partial charge in [-0.25, -0.2) is 13.1 Å². The molecule has 0 spiro atoms. The van der Waals surface area contributed by atoms with Gasteiger partial charge in [-0.3, -0.25) is 9.69 Å². The summed E-state index contributed by atoms with van der Waals surface area (Å²) in [6.07, 6.45) is 1.85. The number of nitrogens with zero attached hydrogens (tertiary/aromatic N) is 2. The van der Waals surface area contributed by atoms with E-state index in [1.54, 1.807) is 18.2 Å². The lowest BCUT2D eigenvalue weighted by molar-refractivity contribution is 0.0979. The van der Waals surface area contributed by atoms with Crippen molar-refractivity contribution in [1.29, 1.82) is 0 Å². The van der Waals surface area contributed by atoms with Gasteiger partial charge in [0.05, 0.1) is 16.5 Å². The number of H-pyrrole nitrogens is 1. The van der Waals surface area contributed by atoms with E-state index in [4.69, 9.17) is 4.74 Å². The predicted molar refractivity (Wildman–Crippen MR) is 219 cm³/mol. The van der Waals surface area contributed by atoms with Crippen LogP contribution in [0.25, 0.3) is 10.9 Å². The molecule has 0 aliphatic carbocycles. The predicted octanol–water partition coefficient (Wildman–Crippen LogP) is 9.04. The lowest BCUT2D eigenvalue weighted by Crippen LogP contribution is -2.48. The molecular weight excluding hydrogens is 707 g/mol. The first-order valence-corrected chi connectivity index (χ1v) is 19.8. The van der Waals surface area contributed by atoms with Crippen molar-refractivity contribution in [1.82, 2.24) is 14.6 Å². The summed E-state index contributed by atoms with van der Waals surface area (Å²) < 4.78 is 35.9. The molecule has 0 radical (unpaired) electrons. The molecular formula is C45H41N5O4S. The SMILES string of the molecule is Cc1cc(S(=O)(=O)NC(=O)c2ccc(N3CCN(C(c4ccccc4)c4ccccc4)CC3)cc2Oc2ccc3[nH]ccc3c2)ccc1Nc1ccccc1. The molecule has 8 rings (SSSR count). The van der Waals surface area contributed by atoms with Crippen LogP contribution in [0.1, 0.15) is 33.1 Å². The first kappa shape index (κ1) is 35.7. The second-order valence-electron chi connectivity index (χ2n) is 13.7. The van der Waals surface area contributed by atoms with E-state index in [0.29, 0.717) is 11.3 Å². The molecule has 55 heavy (non-hydrogen) atoms. The van der Waals surface area contributed by atoms with Gasteiger partial charge in [-0.1, -0.05) is 78.9 Å². The maximum Gasteiger partial charge on any atom is 0.268 e. The Balaban J connectivity index is 1.04. The van der Waals surface area contributed by atoms with Crippen LogP contribution in [0.4, 0.5) is 17.1 Å². The van der Waals surface area contributed by atoms with Gasteiger partial charge in [-0.2, -0.15) is 0 Å². The minimum atomic E-state index is -4.22. The van der Waals surface area contributed by atoms with Crippen LogP contribution in [0.3, 0.4) is 0 Å². The summed E-state index contributed by atoms with van der Waals surface area (Å²) in [5, 5.41) is 4.25. The van der Waals surface area contributed by atoms with Crippen LogP contribution in [0.15, 0.2) is 163 Å². The van der Waals surface area contributed by atoms with Gasteiger partial charge in [0.1, 0.15) is 11.5 Å². The fourth-order valence-corrected chi connectivity index (χ4v) is 8.23. The molecule has 1 aliphatic heterocycles. The van der Waals surface area contributed by atoms with Gasteiger partial charge in [0, 0.05) is 66.4 Å². The van der Waals surface area contributed by atoms with Gasteiger partial charge in [-0.15, -0.1) is 0 Å². The van der Waals surface area contributed by atoms with Crippen molar-refractivity contribution >= 4 is 43.9 Å². The molecule has 0 atom stereocenters. The first-order valence-electron chi connectivity index (χ1n) is 18.3. The number of aryl methyl sites for hydroxylation is 1. The summed E-state index contributed by atoms with van der Waals surface area (Å²) in [4.78, 5) is 21.8. The molecule has 3 N–H and O–H groups in total. The molecule has 1 aliphatic rings. The van der Waals surface area contributed by atoms with Gasteiger partial charge in [0.2, 0.25) is 0 Å². The normalized spacial score (nSPS) is 13.5. The van der Waals surface area contributed by atoms with Crippen molar-refractivity contribution in [2.24, 2.45) is 0 Å². The Morgan fingerprint density at radius 3 is 2.07 bits per heavy atom. The number of aromatic amines is 1. The number of anilines is 3. The van der Waals surface area contributed by atoms with Crippen molar-refractivity contribution < 1.29 is 17.9 Å². The lowest BCUT2D eigenvalue weighted by atomic mass is 9.96. The minimum Gasteiger partial charge on any atom is -0.456 e. The number of carbonyl (C=O) groups excluding carboxylic acids is 1. The van der Waals surface area contributed by atoms with E-state index in [9.17, 15) is 13.2 Å². The average Bonchev–Trinajstić information content (AvgIpc) is 3.68. The van der Waals surface area contributed by atoms with E-state index < -0.39 is 15.9 Å². The van der Waals surface area contributed by atoms with Crippen molar-refractivity contribution in [3.63, 3.8) is 0 Å². The topological polar surface area (TPSA) is 107 Å². The van der Waals surface area contributed by atoms with Crippen LogP contribution in [0.2, 0.25) is 0 Å². The molecule has 0 saturated carbocycles. The summed E-state index contributed by atoms with van der Waals surface area (Å²) in [5.41, 5.74) is 6.79. The Morgan fingerprint density at radius 1 is 0.727 bits per heavy atom. The Morgan fingerprint density at radius 2 is 1.40 bits per heavy atom. The summed E-state index contributed by atoms with van der Waals surface area (Å²) in [5.74, 6) is -0.00369. The monoisotopic (exact) mass is 747 g/mol. The number of hydrogen-bond donors (Lipinski definition) is 3. The molecule has 0 unspecified atom stereocenters. The zero-order valence-electron chi connectivity index (χ0n) is 30.4. The highest BCUT2D eigenvalue weighted by Gasteiger charge is 2.28. The Bertz CT molecular complexity index is 2500. The third kappa shape index (κ3) is 7.96. The molecule has 2 heterocycles. The third-order valence-corrected chi connectivity index (χ3v) is 11.4. The van der Waals surface area contributed by atoms with Gasteiger partial charge >= 0.3 is 0 Å². The molecule has 1 fully saturated rings. The number of para-hydroxylation sites is 1. The third-order valence-electron chi connectivity index (χ3n) is 10.0. The fourth-order valence-electron chi connectivity index (χ4n) is 7.18. The van der Waals surface area contributed by atoms with E-state index in [1.807, 2.05) is 92.0 Å². The Labute approximate surface area is 321 Å². The minimum absolute atomic E-state index is 0.0175. The van der Waals surface area contributed by atoms with Crippen molar-refractivity contribution in [2.45, 2.75) is 17.9 Å². The number of sulfonamides is 1. The molecule has 6 aromatic carbocycles. The van der Waals surface area contributed by atoms with Crippen LogP contribution < -0.4 is 19.7 Å². The summed E-state index contributed by atoms with van der Waals surface area (Å²) >= 11 is 0. The standard InChI is InChI=1S/C45H41N5O4S/c1-32-29-39(19-22-41(32)47-36-15-9-4-10-16-36)55(52,53)48-45(51)40-20-17-37(31-43(40)54-38-18-21-42-35(30-38)23-24-46-42)49-25-27-50(28-26-49)44(33-11-5-2-6-12-33)34-13-7-3-8-14-34/h2-24,29-31,44,46-47H,25-28H2,1H3,(H,48,51). The molecule has 10 heteroatoms. The van der Waals surface area contributed by atoms with Crippen LogP contribution in [-0.2, 0) is 10.0 Å². The van der Waals surface area contributed by atoms with E-state index in [2.05, 4.69) is 73.4 Å². The maximum absolute atomic E-state index is 13.9. The quantitative estimate of drug-likeness (QED) is 0.121. The van der Waals surface area contributed by atoms with Crippen molar-refractivity contribution in [3.05, 3.63) is 180 Å². The second-order valence-corrected chi connectivity index (χ2v) is 15.3. The number of ether oxygens (including phenoxy) is 1. The van der Waals surface area contributed by atoms with E-state index in [1.165, 1.54) is 17.2 Å². The number of aromatic nitrogens is 1. The summed E-state index contributed by atoms with van der Waals surface area (Å²) in [6.45, 7) is 4.95. The highest BCUT2D eigenvalue weighted by atomic mass is 32.2. The number of nitrogens with one attached hydrogen (secondary N) is 3. The average molecular weight is 748 g/mol. The summed E-state index contributed by atoms with van der Waals surface area (Å²) in [7, 11) is -4.22. The van der Waals surface area contributed by atoms with E-state index >= 15 is 0 Å². The number of carbonyl (C=O) groups is 1. The number of fused-ring (bicyclic) bond motifs is 1. The smallest absolute Gasteiger partial charge is 0.268 e. The molecule has 1 amide bonds. The van der Waals surface area contributed by atoms with E-state index in [0.717, 1.165) is 54.1 Å². The zero-order valence-corrected chi connectivity index (χ0v) is 31.2. The summed E-state index contributed by atoms with van der Waals surface area (Å²) in [6, 6.07) is 48.5. The first-order chi connectivity index (χ1) is 26.8. The van der Waals surface area contributed by atoms with Crippen molar-refractivity contribution in [3.8, 4) is 11.5 Å². The maximum atomic E-state index is 13.9. The molecule has 276 valence electrons. The largest absolute Gasteiger partial charge is 0.456 e. The zero-order chi connectivity index (χ0) is 37.8. The van der Waals surface area contributed by atoms with Crippen LogP contribution in [0.5, 0.6) is 11.5 Å². The number of rotatable bonds is 11. The van der Waals surface area contributed by atoms with Gasteiger partial charge in [-0.05, 0) is 90.3 Å². The molecule has 1 saturated heterocycles. The van der Waals surface area contributed by atoms with Crippen LogP contribution >= 0.6 is 0 Å². The second kappa shape index (κ2) is 15.5. The number of amides is 1. The Hall–Kier alpha value is -6.36. The fraction of sp³-hybridized carbons (Fsp3) is 0.133. The molecule has 1 aromatic heterocycles. The molecule has 0 bridgehead atoms. The molecule has 9 nitrogen and oxygen atoms in total. The van der Waals surface area contributed by atoms with Crippen LogP contribution in [0, 0.1) is 6.92 Å². The van der Waals surface area contributed by atoms with Crippen molar-refractivity contribution in [2.75, 3.05) is 36.4 Å². The van der Waals surface area contributed by atoms with Gasteiger partial charge in [0.15, 0.2) is 0 Å². The van der Waals surface area contributed by atoms with Gasteiger partial charge < -0.3 is 19.9 Å². The number of benzene rings is 6. The van der Waals surface area contributed by atoms with Crippen LogP contribution in [-0.4, -0.2) is 50.4 Å². The lowest BCUT2D eigenvalue weighted by Gasteiger charge is -2.40. The van der Waals surface area contributed by atoms with Gasteiger partial charge in [0.25, 0.3) is 15.9 Å². The number of hydrogen-bond acceptors (Lipinski definition) is 7.